The van der Waals surface area contributed by atoms with Crippen LogP contribution in [0.15, 0.2) is 24.3 Å². The number of hydrogen-bond acceptors (Lipinski definition) is 6. The number of carboxylic acid groups (broad SMARTS) is 4. The third-order valence-corrected chi connectivity index (χ3v) is 4.40. The van der Waals surface area contributed by atoms with Gasteiger partial charge in [0, 0.05) is 39.3 Å². The molecule has 0 bridgehead atoms. The predicted molar refractivity (Wildman–Crippen MR) is 106 cm³/mol. The second kappa shape index (κ2) is 13.3. The lowest BCUT2D eigenvalue weighted by atomic mass is 10.1. The van der Waals surface area contributed by atoms with E-state index in [9.17, 15) is 19.2 Å². The number of carbonyl (C=O) groups is 4. The topological polar surface area (TPSA) is 156 Å². The summed E-state index contributed by atoms with van der Waals surface area (Å²) in [6.45, 7) is 1.77. The molecular formula is C20H28N2O8. The number of aliphatic carboxylic acids is 4. The zero-order chi connectivity index (χ0) is 22.5. The maximum Gasteiger partial charge on any atom is 0.304 e. The molecule has 0 aliphatic rings. The fraction of sp³-hybridized carbons (Fsp3) is 0.500. The standard InChI is InChI=1S/C20H28N2O8/c23-17(24)5-9-21(10-6-18(25)26)13-15-1-2-16(4-3-15)14-22(11-7-19(27)28)12-8-20(29)30/h1-4H,5-14H2,(H,23,24)(H,25,26)(H,27,28)(H,29,30). The van der Waals surface area contributed by atoms with Crippen LogP contribution >= 0.6 is 0 Å². The van der Waals surface area contributed by atoms with Crippen LogP contribution in [0.3, 0.4) is 0 Å². The van der Waals surface area contributed by atoms with Gasteiger partial charge in [-0.15, -0.1) is 0 Å². The van der Waals surface area contributed by atoms with E-state index in [4.69, 9.17) is 20.4 Å². The van der Waals surface area contributed by atoms with Crippen LogP contribution in [0.25, 0.3) is 0 Å². The van der Waals surface area contributed by atoms with Gasteiger partial charge in [0.25, 0.3) is 0 Å². The second-order valence-electron chi connectivity index (χ2n) is 6.94. The maximum absolute atomic E-state index is 10.8. The Morgan fingerprint density at radius 2 is 0.767 bits per heavy atom. The van der Waals surface area contributed by atoms with Gasteiger partial charge < -0.3 is 20.4 Å². The molecule has 4 N–H and O–H groups in total. The summed E-state index contributed by atoms with van der Waals surface area (Å²) >= 11 is 0. The third kappa shape index (κ3) is 11.8. The molecule has 1 rings (SSSR count). The Labute approximate surface area is 174 Å². The fourth-order valence-electron chi connectivity index (χ4n) is 2.82. The summed E-state index contributed by atoms with van der Waals surface area (Å²) < 4.78 is 0. The molecule has 0 amide bonds. The van der Waals surface area contributed by atoms with Crippen LogP contribution in [0.5, 0.6) is 0 Å². The molecule has 0 unspecified atom stereocenters. The van der Waals surface area contributed by atoms with E-state index in [-0.39, 0.29) is 51.9 Å². The lowest BCUT2D eigenvalue weighted by Crippen LogP contribution is -2.29. The first kappa shape index (κ1) is 25.1. The van der Waals surface area contributed by atoms with E-state index in [1.807, 2.05) is 24.3 Å². The van der Waals surface area contributed by atoms with Crippen LogP contribution < -0.4 is 0 Å². The summed E-state index contributed by atoms with van der Waals surface area (Å²) in [4.78, 5) is 46.8. The van der Waals surface area contributed by atoms with Crippen LogP contribution in [0.2, 0.25) is 0 Å². The largest absolute Gasteiger partial charge is 0.481 e. The van der Waals surface area contributed by atoms with Crippen molar-refractivity contribution in [2.75, 3.05) is 26.2 Å². The van der Waals surface area contributed by atoms with Gasteiger partial charge >= 0.3 is 23.9 Å². The lowest BCUT2D eigenvalue weighted by molar-refractivity contribution is -0.139. The lowest BCUT2D eigenvalue weighted by Gasteiger charge is -2.22. The van der Waals surface area contributed by atoms with Crippen molar-refractivity contribution in [1.29, 1.82) is 0 Å². The van der Waals surface area contributed by atoms with Crippen molar-refractivity contribution in [3.05, 3.63) is 35.4 Å². The van der Waals surface area contributed by atoms with Gasteiger partial charge in [-0.05, 0) is 11.1 Å². The quantitative estimate of drug-likeness (QED) is 0.304. The average molecular weight is 424 g/mol. The summed E-state index contributed by atoms with van der Waals surface area (Å²) in [6, 6.07) is 7.37. The molecular weight excluding hydrogens is 396 g/mol. The van der Waals surface area contributed by atoms with Crippen molar-refractivity contribution in [2.24, 2.45) is 0 Å². The molecule has 0 aromatic heterocycles. The molecule has 0 radical (unpaired) electrons. The highest BCUT2D eigenvalue weighted by atomic mass is 16.4. The highest BCUT2D eigenvalue weighted by molar-refractivity contribution is 5.68. The van der Waals surface area contributed by atoms with Gasteiger partial charge in [0.1, 0.15) is 0 Å². The number of carboxylic acids is 4. The van der Waals surface area contributed by atoms with Crippen molar-refractivity contribution >= 4 is 23.9 Å². The molecule has 30 heavy (non-hydrogen) atoms. The van der Waals surface area contributed by atoms with Crippen LogP contribution in [0.1, 0.15) is 36.8 Å². The van der Waals surface area contributed by atoms with Crippen molar-refractivity contribution in [2.45, 2.75) is 38.8 Å². The van der Waals surface area contributed by atoms with E-state index in [1.165, 1.54) is 0 Å². The van der Waals surface area contributed by atoms with E-state index < -0.39 is 23.9 Å². The molecule has 0 saturated heterocycles. The molecule has 0 saturated carbocycles. The van der Waals surface area contributed by atoms with Crippen LogP contribution in [0, 0.1) is 0 Å². The minimum absolute atomic E-state index is 0.0835. The van der Waals surface area contributed by atoms with E-state index in [0.717, 1.165) is 11.1 Å². The van der Waals surface area contributed by atoms with Crippen molar-refractivity contribution in [1.82, 2.24) is 9.80 Å². The Balaban J connectivity index is 2.71. The number of hydrogen-bond donors (Lipinski definition) is 4. The summed E-state index contributed by atoms with van der Waals surface area (Å²) in [5.41, 5.74) is 1.77. The molecule has 0 heterocycles. The Morgan fingerprint density at radius 3 is 0.967 bits per heavy atom. The van der Waals surface area contributed by atoms with Crippen molar-refractivity contribution < 1.29 is 39.6 Å². The molecule has 10 nitrogen and oxygen atoms in total. The zero-order valence-electron chi connectivity index (χ0n) is 16.7. The molecule has 1 aromatic rings. The number of benzene rings is 1. The van der Waals surface area contributed by atoms with Gasteiger partial charge in [0.2, 0.25) is 0 Å². The predicted octanol–water partition coefficient (Wildman–Crippen LogP) is 1.19. The van der Waals surface area contributed by atoms with Gasteiger partial charge in [-0.1, -0.05) is 24.3 Å². The maximum atomic E-state index is 10.8. The van der Waals surface area contributed by atoms with Crippen LogP contribution in [0.4, 0.5) is 0 Å². The first-order valence-electron chi connectivity index (χ1n) is 9.55. The van der Waals surface area contributed by atoms with E-state index >= 15 is 0 Å². The molecule has 10 heteroatoms. The molecule has 0 aliphatic heterocycles. The first-order valence-corrected chi connectivity index (χ1v) is 9.55. The summed E-state index contributed by atoms with van der Waals surface area (Å²) in [6.07, 6.45) is -0.334. The first-order chi connectivity index (χ1) is 14.2. The number of rotatable bonds is 16. The summed E-state index contributed by atoms with van der Waals surface area (Å²) in [5.74, 6) is -3.80. The number of nitrogens with zero attached hydrogens (tertiary/aromatic N) is 2. The molecule has 1 aromatic carbocycles. The molecule has 166 valence electrons. The minimum Gasteiger partial charge on any atom is -0.481 e. The fourth-order valence-corrected chi connectivity index (χ4v) is 2.82. The molecule has 0 aliphatic carbocycles. The SMILES string of the molecule is O=C(O)CCN(CCC(=O)O)Cc1ccc(CN(CCC(=O)O)CCC(=O)O)cc1. The van der Waals surface area contributed by atoms with E-state index in [1.54, 1.807) is 9.80 Å². The summed E-state index contributed by atoms with van der Waals surface area (Å²) in [5, 5.41) is 35.4. The Morgan fingerprint density at radius 1 is 0.533 bits per heavy atom. The Bertz CT molecular complexity index is 623. The third-order valence-electron chi connectivity index (χ3n) is 4.40. The van der Waals surface area contributed by atoms with Gasteiger partial charge in [-0.25, -0.2) is 0 Å². The Kier molecular flexibility index (Phi) is 11.1. The second-order valence-corrected chi connectivity index (χ2v) is 6.94. The van der Waals surface area contributed by atoms with Gasteiger partial charge in [0.15, 0.2) is 0 Å². The monoisotopic (exact) mass is 424 g/mol. The van der Waals surface area contributed by atoms with Crippen LogP contribution in [-0.2, 0) is 32.3 Å². The van der Waals surface area contributed by atoms with Crippen molar-refractivity contribution in [3.8, 4) is 0 Å². The minimum atomic E-state index is -0.950. The molecule has 0 spiro atoms. The highest BCUT2D eigenvalue weighted by Gasteiger charge is 2.13. The van der Waals surface area contributed by atoms with E-state index in [2.05, 4.69) is 0 Å². The molecule has 0 atom stereocenters. The molecule has 0 fully saturated rings. The van der Waals surface area contributed by atoms with E-state index in [0.29, 0.717) is 13.1 Å². The van der Waals surface area contributed by atoms with Gasteiger partial charge in [0.05, 0.1) is 25.7 Å². The Hall–Kier alpha value is -2.98. The van der Waals surface area contributed by atoms with Crippen molar-refractivity contribution in [3.63, 3.8) is 0 Å². The average Bonchev–Trinajstić information content (AvgIpc) is 2.66. The zero-order valence-corrected chi connectivity index (χ0v) is 16.7. The normalized spacial score (nSPS) is 11.0. The highest BCUT2D eigenvalue weighted by Crippen LogP contribution is 2.12. The van der Waals surface area contributed by atoms with Crippen LogP contribution in [-0.4, -0.2) is 80.3 Å². The van der Waals surface area contributed by atoms with Gasteiger partial charge in [-0.3, -0.25) is 29.0 Å². The smallest absolute Gasteiger partial charge is 0.304 e. The summed E-state index contributed by atoms with van der Waals surface area (Å²) in [7, 11) is 0. The van der Waals surface area contributed by atoms with Gasteiger partial charge in [-0.2, -0.15) is 0 Å².